The van der Waals surface area contributed by atoms with E-state index in [1.807, 2.05) is 29.9 Å². The van der Waals surface area contributed by atoms with Gasteiger partial charge in [0.05, 0.1) is 29.0 Å². The molecule has 10 heteroatoms. The highest BCUT2D eigenvalue weighted by Crippen LogP contribution is 2.38. The summed E-state index contributed by atoms with van der Waals surface area (Å²) in [5, 5.41) is 5.94. The Hall–Kier alpha value is -3.79. The van der Waals surface area contributed by atoms with Crippen molar-refractivity contribution in [1.29, 1.82) is 0 Å². The summed E-state index contributed by atoms with van der Waals surface area (Å²) in [7, 11) is 1.97. The molecule has 3 aromatic heterocycles. The van der Waals surface area contributed by atoms with Crippen LogP contribution in [0.5, 0.6) is 0 Å². The molecular formula is C25H27N7O3. The van der Waals surface area contributed by atoms with Crippen molar-refractivity contribution in [2.75, 3.05) is 11.9 Å². The maximum atomic E-state index is 13.1. The number of imidazole rings is 2. The van der Waals surface area contributed by atoms with Crippen molar-refractivity contribution in [2.24, 2.45) is 7.05 Å². The van der Waals surface area contributed by atoms with Crippen molar-refractivity contribution < 1.29 is 14.3 Å². The lowest BCUT2D eigenvalue weighted by Crippen LogP contribution is -2.27. The summed E-state index contributed by atoms with van der Waals surface area (Å²) in [4.78, 5) is 39.5. The predicted molar refractivity (Wildman–Crippen MR) is 129 cm³/mol. The van der Waals surface area contributed by atoms with Gasteiger partial charge in [0.15, 0.2) is 0 Å². The van der Waals surface area contributed by atoms with Crippen LogP contribution in [0.2, 0.25) is 0 Å². The predicted octanol–water partition coefficient (Wildman–Crippen LogP) is 2.93. The molecule has 35 heavy (non-hydrogen) atoms. The van der Waals surface area contributed by atoms with Crippen LogP contribution < -0.4 is 10.6 Å². The van der Waals surface area contributed by atoms with Gasteiger partial charge in [0.1, 0.15) is 11.9 Å². The first kappa shape index (κ1) is 21.7. The number of amides is 2. The first-order valence-electron chi connectivity index (χ1n) is 12.1. The maximum absolute atomic E-state index is 13.1. The number of aryl methyl sites for hydroxylation is 1. The zero-order valence-corrected chi connectivity index (χ0v) is 19.5. The summed E-state index contributed by atoms with van der Waals surface area (Å²) in [5.74, 6) is 1.53. The minimum Gasteiger partial charge on any atom is -0.368 e. The first-order chi connectivity index (χ1) is 17.1. The molecule has 2 aliphatic rings. The third kappa shape index (κ3) is 4.03. The Balaban J connectivity index is 1.30. The first-order valence-corrected chi connectivity index (χ1v) is 12.1. The Morgan fingerprint density at radius 3 is 2.80 bits per heavy atom. The van der Waals surface area contributed by atoms with Crippen molar-refractivity contribution in [3.63, 3.8) is 0 Å². The van der Waals surface area contributed by atoms with Gasteiger partial charge in [-0.3, -0.25) is 14.0 Å². The van der Waals surface area contributed by atoms with Gasteiger partial charge < -0.3 is 19.9 Å². The number of carbonyl (C=O) groups is 2. The van der Waals surface area contributed by atoms with Crippen molar-refractivity contribution >= 4 is 34.3 Å². The van der Waals surface area contributed by atoms with Crippen LogP contribution in [0.4, 0.5) is 5.69 Å². The smallest absolute Gasteiger partial charge is 0.253 e. The highest BCUT2D eigenvalue weighted by molar-refractivity contribution is 6.06. The molecule has 4 heterocycles. The molecule has 1 aromatic carbocycles. The molecule has 180 valence electrons. The maximum Gasteiger partial charge on any atom is 0.253 e. The minimum absolute atomic E-state index is 0.190. The van der Waals surface area contributed by atoms with Gasteiger partial charge in [-0.1, -0.05) is 6.42 Å². The lowest BCUT2D eigenvalue weighted by molar-refractivity contribution is -0.124. The second-order valence-electron chi connectivity index (χ2n) is 9.28. The molecule has 2 N–H and O–H groups in total. The van der Waals surface area contributed by atoms with E-state index in [9.17, 15) is 9.59 Å². The number of hydrogen-bond donors (Lipinski definition) is 2. The molecule has 10 nitrogen and oxygen atoms in total. The van der Waals surface area contributed by atoms with Gasteiger partial charge in [0.2, 0.25) is 5.78 Å². The van der Waals surface area contributed by atoms with E-state index in [1.165, 1.54) is 6.42 Å². The van der Waals surface area contributed by atoms with Crippen LogP contribution in [0.15, 0.2) is 36.8 Å². The van der Waals surface area contributed by atoms with Crippen LogP contribution in [0.3, 0.4) is 0 Å². The fourth-order valence-corrected chi connectivity index (χ4v) is 4.86. The number of carbonyl (C=O) groups excluding carboxylic acids is 2. The molecule has 1 aliphatic heterocycles. The number of benzene rings is 1. The summed E-state index contributed by atoms with van der Waals surface area (Å²) in [6.45, 7) is 0.847. The summed E-state index contributed by atoms with van der Waals surface area (Å²) in [6, 6.07) is 5.34. The van der Waals surface area contributed by atoms with Crippen LogP contribution in [-0.2, 0) is 23.1 Å². The molecule has 0 unspecified atom stereocenters. The normalized spacial score (nSPS) is 18.1. The zero-order chi connectivity index (χ0) is 23.9. The van der Waals surface area contributed by atoms with Crippen LogP contribution >= 0.6 is 0 Å². The monoisotopic (exact) mass is 473 g/mol. The Morgan fingerprint density at radius 1 is 1.17 bits per heavy atom. The summed E-state index contributed by atoms with van der Waals surface area (Å²) in [6.07, 6.45) is 9.88. The van der Waals surface area contributed by atoms with Crippen LogP contribution in [0.25, 0.3) is 16.8 Å². The molecule has 1 saturated heterocycles. The molecule has 1 atom stereocenters. The molecule has 0 radical (unpaired) electrons. The van der Waals surface area contributed by atoms with E-state index in [0.29, 0.717) is 47.2 Å². The SMILES string of the molecule is Cn1c(C2CCC2)nc2cc(C(=O)NCc3cn4cccnc4n3)cc(NC(=O)[C@H]3CCCO3)c21. The third-order valence-electron chi connectivity index (χ3n) is 6.93. The molecule has 6 rings (SSSR count). The standard InChI is InChI=1S/C25H27N7O3/c1-31-21-18(29-22(31)15-5-2-6-15)11-16(12-19(21)30-24(34)20-7-3-10-35-20)23(33)27-13-17-14-32-9-4-8-26-25(32)28-17/h4,8-9,11-12,14-15,20H,2-3,5-7,10,13H2,1H3,(H,27,33)(H,30,34)/t20-/m1/s1. The van der Waals surface area contributed by atoms with Crippen LogP contribution in [0, 0.1) is 0 Å². The van der Waals surface area contributed by atoms with Crippen molar-refractivity contribution in [1.82, 2.24) is 29.2 Å². The Bertz CT molecular complexity index is 1400. The number of rotatable bonds is 6. The Labute approximate surface area is 201 Å². The van der Waals surface area contributed by atoms with E-state index >= 15 is 0 Å². The van der Waals surface area contributed by atoms with Gasteiger partial charge in [0.25, 0.3) is 11.8 Å². The van der Waals surface area contributed by atoms with Crippen molar-refractivity contribution in [3.8, 4) is 0 Å². The average Bonchev–Trinajstić information content (AvgIpc) is 3.56. The minimum atomic E-state index is -0.467. The highest BCUT2D eigenvalue weighted by atomic mass is 16.5. The fraction of sp³-hybridized carbons (Fsp3) is 0.400. The molecule has 0 spiro atoms. The largest absolute Gasteiger partial charge is 0.368 e. The number of ether oxygens (including phenoxy) is 1. The van der Waals surface area contributed by atoms with Gasteiger partial charge >= 0.3 is 0 Å². The van der Waals surface area contributed by atoms with Gasteiger partial charge in [0, 0.05) is 43.7 Å². The summed E-state index contributed by atoms with van der Waals surface area (Å²) >= 11 is 0. The van der Waals surface area contributed by atoms with Gasteiger partial charge in [-0.2, -0.15) is 0 Å². The number of nitrogens with zero attached hydrogens (tertiary/aromatic N) is 5. The van der Waals surface area contributed by atoms with E-state index in [4.69, 9.17) is 9.72 Å². The van der Waals surface area contributed by atoms with Crippen molar-refractivity contribution in [2.45, 2.75) is 50.7 Å². The Kier molecular flexibility index (Phi) is 5.44. The quantitative estimate of drug-likeness (QED) is 0.445. The van der Waals surface area contributed by atoms with E-state index < -0.39 is 6.10 Å². The van der Waals surface area contributed by atoms with Gasteiger partial charge in [-0.05, 0) is 43.9 Å². The second kappa shape index (κ2) is 8.77. The molecule has 2 amide bonds. The van der Waals surface area contributed by atoms with E-state index in [2.05, 4.69) is 25.2 Å². The van der Waals surface area contributed by atoms with Gasteiger partial charge in [-0.25, -0.2) is 15.0 Å². The topological polar surface area (TPSA) is 115 Å². The summed E-state index contributed by atoms with van der Waals surface area (Å²) < 4.78 is 9.42. The molecule has 1 saturated carbocycles. The average molecular weight is 474 g/mol. The lowest BCUT2D eigenvalue weighted by Gasteiger charge is -2.24. The molecule has 2 fully saturated rings. The van der Waals surface area contributed by atoms with Crippen LogP contribution in [0.1, 0.15) is 59.9 Å². The van der Waals surface area contributed by atoms with Crippen LogP contribution in [-0.4, -0.2) is 48.4 Å². The lowest BCUT2D eigenvalue weighted by atomic mass is 9.85. The van der Waals surface area contributed by atoms with Gasteiger partial charge in [-0.15, -0.1) is 0 Å². The number of aromatic nitrogens is 5. The fourth-order valence-electron chi connectivity index (χ4n) is 4.86. The number of hydrogen-bond acceptors (Lipinski definition) is 6. The number of nitrogens with one attached hydrogen (secondary N) is 2. The summed E-state index contributed by atoms with van der Waals surface area (Å²) in [5.41, 5.74) is 3.23. The van der Waals surface area contributed by atoms with Crippen molar-refractivity contribution in [3.05, 3.63) is 53.9 Å². The van der Waals surface area contributed by atoms with E-state index in [0.717, 1.165) is 30.6 Å². The molecular weight excluding hydrogens is 446 g/mol. The molecule has 4 aromatic rings. The Morgan fingerprint density at radius 2 is 2.06 bits per heavy atom. The van der Waals surface area contributed by atoms with E-state index in [1.54, 1.807) is 18.3 Å². The third-order valence-corrected chi connectivity index (χ3v) is 6.93. The zero-order valence-electron chi connectivity index (χ0n) is 19.5. The second-order valence-corrected chi connectivity index (χ2v) is 9.28. The molecule has 0 bridgehead atoms. The number of fused-ring (bicyclic) bond motifs is 2. The highest BCUT2D eigenvalue weighted by Gasteiger charge is 2.28. The van der Waals surface area contributed by atoms with E-state index in [-0.39, 0.29) is 18.4 Å². The molecule has 1 aliphatic carbocycles. The number of anilines is 1.